The summed E-state index contributed by atoms with van der Waals surface area (Å²) in [7, 11) is 0. The lowest BCUT2D eigenvalue weighted by Crippen LogP contribution is -2.33. The standard InChI is InChI=1S/C12H15N3O5/c1-5-3-7(10(11(13)18)6(2)14-5)15-8(12(19)20)4-9(16)17/h3,8H,4H2,1-2H3,(H2,13,18)(H,14,15)(H,16,17)(H,19,20). The fourth-order valence-electron chi connectivity index (χ4n) is 1.82. The van der Waals surface area contributed by atoms with Crippen molar-refractivity contribution in [2.45, 2.75) is 26.3 Å². The van der Waals surface area contributed by atoms with Gasteiger partial charge in [0.25, 0.3) is 5.91 Å². The fraction of sp³-hybridized carbons (Fsp3) is 0.333. The summed E-state index contributed by atoms with van der Waals surface area (Å²) in [4.78, 5) is 37.2. The first-order chi connectivity index (χ1) is 9.22. The number of nitrogens with one attached hydrogen (secondary N) is 1. The van der Waals surface area contributed by atoms with E-state index in [1.54, 1.807) is 13.8 Å². The highest BCUT2D eigenvalue weighted by atomic mass is 16.4. The van der Waals surface area contributed by atoms with Crippen molar-refractivity contribution in [3.05, 3.63) is 23.0 Å². The number of amides is 1. The highest BCUT2D eigenvalue weighted by molar-refractivity contribution is 6.00. The summed E-state index contributed by atoms with van der Waals surface area (Å²) < 4.78 is 0. The minimum atomic E-state index is -1.37. The van der Waals surface area contributed by atoms with E-state index >= 15 is 0 Å². The number of aryl methyl sites for hydroxylation is 2. The molecule has 0 fully saturated rings. The summed E-state index contributed by atoms with van der Waals surface area (Å²) in [6.07, 6.45) is -0.631. The number of hydrogen-bond acceptors (Lipinski definition) is 5. The molecule has 0 aliphatic heterocycles. The number of pyridine rings is 1. The molecule has 0 spiro atoms. The third-order valence-corrected chi connectivity index (χ3v) is 2.58. The second-order valence-electron chi connectivity index (χ2n) is 4.27. The van der Waals surface area contributed by atoms with E-state index in [2.05, 4.69) is 10.3 Å². The third-order valence-electron chi connectivity index (χ3n) is 2.58. The van der Waals surface area contributed by atoms with E-state index in [4.69, 9.17) is 15.9 Å². The lowest BCUT2D eigenvalue weighted by molar-refractivity contribution is -0.144. The van der Waals surface area contributed by atoms with Gasteiger partial charge in [0.1, 0.15) is 6.04 Å². The molecule has 1 aromatic rings. The smallest absolute Gasteiger partial charge is 0.326 e. The van der Waals surface area contributed by atoms with E-state index in [9.17, 15) is 14.4 Å². The van der Waals surface area contributed by atoms with Crippen LogP contribution in [-0.4, -0.2) is 39.1 Å². The Morgan fingerprint density at radius 1 is 1.35 bits per heavy atom. The van der Waals surface area contributed by atoms with Crippen LogP contribution in [0.5, 0.6) is 0 Å². The molecule has 0 aromatic carbocycles. The Labute approximate surface area is 114 Å². The summed E-state index contributed by atoms with van der Waals surface area (Å²) in [5.74, 6) is -3.38. The van der Waals surface area contributed by atoms with Crippen molar-refractivity contribution >= 4 is 23.5 Å². The summed E-state index contributed by atoms with van der Waals surface area (Å²) in [6.45, 7) is 3.22. The number of nitrogens with two attached hydrogens (primary N) is 1. The number of hydrogen-bond donors (Lipinski definition) is 4. The maximum atomic E-state index is 11.4. The number of carbonyl (C=O) groups is 3. The maximum Gasteiger partial charge on any atom is 0.326 e. The largest absolute Gasteiger partial charge is 0.481 e. The molecule has 0 bridgehead atoms. The molecule has 108 valence electrons. The Morgan fingerprint density at radius 3 is 2.40 bits per heavy atom. The lowest BCUT2D eigenvalue weighted by Gasteiger charge is -2.17. The summed E-state index contributed by atoms with van der Waals surface area (Å²) in [5.41, 5.74) is 6.34. The van der Waals surface area contributed by atoms with Gasteiger partial charge in [0.15, 0.2) is 0 Å². The van der Waals surface area contributed by atoms with Crippen molar-refractivity contribution in [3.8, 4) is 0 Å². The van der Waals surface area contributed by atoms with E-state index in [1.165, 1.54) is 6.07 Å². The van der Waals surface area contributed by atoms with Crippen molar-refractivity contribution in [2.24, 2.45) is 5.73 Å². The van der Waals surface area contributed by atoms with Gasteiger partial charge in [-0.2, -0.15) is 0 Å². The molecule has 1 rings (SSSR count). The quantitative estimate of drug-likeness (QED) is 0.580. The molecule has 20 heavy (non-hydrogen) atoms. The van der Waals surface area contributed by atoms with Gasteiger partial charge in [0, 0.05) is 5.69 Å². The molecule has 1 unspecified atom stereocenters. The van der Waals surface area contributed by atoms with Crippen LogP contribution in [0.4, 0.5) is 5.69 Å². The normalized spacial score (nSPS) is 11.7. The molecule has 1 heterocycles. The number of aromatic nitrogens is 1. The number of carbonyl (C=O) groups excluding carboxylic acids is 1. The second-order valence-corrected chi connectivity index (χ2v) is 4.27. The van der Waals surface area contributed by atoms with E-state index in [1.807, 2.05) is 0 Å². The van der Waals surface area contributed by atoms with Gasteiger partial charge in [-0.15, -0.1) is 0 Å². The Kier molecular flexibility index (Phi) is 4.63. The zero-order chi connectivity index (χ0) is 15.4. The van der Waals surface area contributed by atoms with Gasteiger partial charge in [-0.05, 0) is 19.9 Å². The molecule has 0 saturated carbocycles. The molecule has 0 aliphatic carbocycles. The lowest BCUT2D eigenvalue weighted by atomic mass is 10.1. The van der Waals surface area contributed by atoms with Crippen molar-refractivity contribution in [1.29, 1.82) is 0 Å². The van der Waals surface area contributed by atoms with E-state index in [0.717, 1.165) is 0 Å². The summed E-state index contributed by atoms with van der Waals surface area (Å²) >= 11 is 0. The first-order valence-corrected chi connectivity index (χ1v) is 5.71. The summed E-state index contributed by atoms with van der Waals surface area (Å²) in [6, 6.07) is 0.0806. The highest BCUT2D eigenvalue weighted by Crippen LogP contribution is 2.20. The average Bonchev–Trinajstić information content (AvgIpc) is 2.25. The van der Waals surface area contributed by atoms with Gasteiger partial charge < -0.3 is 21.3 Å². The third kappa shape index (κ3) is 3.67. The van der Waals surface area contributed by atoms with Crippen molar-refractivity contribution in [3.63, 3.8) is 0 Å². The van der Waals surface area contributed by atoms with Crippen LogP contribution in [0.25, 0.3) is 0 Å². The topological polar surface area (TPSA) is 143 Å². The SMILES string of the molecule is Cc1cc(NC(CC(=O)O)C(=O)O)c(C(N)=O)c(C)n1. The van der Waals surface area contributed by atoms with Crippen LogP contribution < -0.4 is 11.1 Å². The number of primary amides is 1. The van der Waals surface area contributed by atoms with E-state index < -0.39 is 30.3 Å². The van der Waals surface area contributed by atoms with Crippen LogP contribution in [0.15, 0.2) is 6.07 Å². The number of rotatable bonds is 6. The minimum absolute atomic E-state index is 0.0484. The average molecular weight is 281 g/mol. The minimum Gasteiger partial charge on any atom is -0.481 e. The monoisotopic (exact) mass is 281 g/mol. The summed E-state index contributed by atoms with van der Waals surface area (Å²) in [5, 5.41) is 20.2. The predicted octanol–water partition coefficient (Wildman–Crippen LogP) is 0.137. The predicted molar refractivity (Wildman–Crippen MR) is 69.5 cm³/mol. The Bertz CT molecular complexity index is 570. The Hall–Kier alpha value is -2.64. The molecular formula is C12H15N3O5. The molecule has 1 aromatic heterocycles. The molecule has 8 heteroatoms. The fourth-order valence-corrected chi connectivity index (χ4v) is 1.82. The van der Waals surface area contributed by atoms with Gasteiger partial charge in [-0.1, -0.05) is 0 Å². The molecule has 5 N–H and O–H groups in total. The second kappa shape index (κ2) is 6.00. The molecule has 0 radical (unpaired) electrons. The van der Waals surface area contributed by atoms with Crippen LogP contribution in [0.1, 0.15) is 28.2 Å². The molecule has 1 amide bonds. The highest BCUT2D eigenvalue weighted by Gasteiger charge is 2.23. The van der Waals surface area contributed by atoms with Gasteiger partial charge in [0.2, 0.25) is 0 Å². The number of aliphatic carboxylic acids is 2. The molecular weight excluding hydrogens is 266 g/mol. The first kappa shape index (κ1) is 15.4. The molecule has 8 nitrogen and oxygen atoms in total. The van der Waals surface area contributed by atoms with Crippen LogP contribution in [0, 0.1) is 13.8 Å². The number of nitrogens with zero attached hydrogens (tertiary/aromatic N) is 1. The zero-order valence-electron chi connectivity index (χ0n) is 11.0. The Balaban J connectivity index is 3.21. The number of anilines is 1. The van der Waals surface area contributed by atoms with Gasteiger partial charge >= 0.3 is 11.9 Å². The number of carboxylic acids is 2. The van der Waals surface area contributed by atoms with E-state index in [-0.39, 0.29) is 11.3 Å². The van der Waals surface area contributed by atoms with Crippen LogP contribution >= 0.6 is 0 Å². The Morgan fingerprint density at radius 2 is 1.95 bits per heavy atom. The van der Waals surface area contributed by atoms with Gasteiger partial charge in [0.05, 0.1) is 23.4 Å². The van der Waals surface area contributed by atoms with E-state index in [0.29, 0.717) is 11.4 Å². The van der Waals surface area contributed by atoms with Crippen molar-refractivity contribution < 1.29 is 24.6 Å². The van der Waals surface area contributed by atoms with Gasteiger partial charge in [-0.25, -0.2) is 4.79 Å². The van der Waals surface area contributed by atoms with Crippen LogP contribution in [-0.2, 0) is 9.59 Å². The number of carboxylic acid groups (broad SMARTS) is 2. The van der Waals surface area contributed by atoms with Crippen molar-refractivity contribution in [2.75, 3.05) is 5.32 Å². The molecule has 0 saturated heterocycles. The maximum absolute atomic E-state index is 11.4. The van der Waals surface area contributed by atoms with Gasteiger partial charge in [-0.3, -0.25) is 14.6 Å². The van der Waals surface area contributed by atoms with Crippen LogP contribution in [0.3, 0.4) is 0 Å². The van der Waals surface area contributed by atoms with Crippen LogP contribution in [0.2, 0.25) is 0 Å². The molecule has 0 aliphatic rings. The first-order valence-electron chi connectivity index (χ1n) is 5.71. The molecule has 1 atom stereocenters. The van der Waals surface area contributed by atoms with Crippen molar-refractivity contribution in [1.82, 2.24) is 4.98 Å². The zero-order valence-corrected chi connectivity index (χ0v) is 11.0.